The molecule has 1 aromatic heterocycles. The molecule has 3 aromatic rings. The molecule has 0 bridgehead atoms. The molecule has 0 saturated heterocycles. The number of carboxylic acid groups (broad SMARTS) is 1. The minimum Gasteiger partial charge on any atom is -0.487 e. The highest BCUT2D eigenvalue weighted by atomic mass is 32.2. The first-order chi connectivity index (χ1) is 16.7. The van der Waals surface area contributed by atoms with Gasteiger partial charge in [0.05, 0.1) is 15.5 Å². The molecule has 0 unspecified atom stereocenters. The third-order valence-corrected chi connectivity index (χ3v) is 8.01. The van der Waals surface area contributed by atoms with Crippen molar-refractivity contribution in [1.82, 2.24) is 9.27 Å². The van der Waals surface area contributed by atoms with E-state index in [1.807, 2.05) is 13.8 Å². The Labute approximate surface area is 206 Å². The van der Waals surface area contributed by atoms with Gasteiger partial charge >= 0.3 is 5.97 Å². The van der Waals surface area contributed by atoms with Gasteiger partial charge < -0.3 is 14.7 Å². The third-order valence-electron chi connectivity index (χ3n) is 5.69. The highest BCUT2D eigenvalue weighted by Crippen LogP contribution is 2.44. The van der Waals surface area contributed by atoms with Crippen molar-refractivity contribution in [1.29, 1.82) is 0 Å². The monoisotopic (exact) mass is 517 g/mol. The van der Waals surface area contributed by atoms with Crippen LogP contribution in [-0.4, -0.2) is 48.4 Å². The molecular weight excluding hydrogens is 493 g/mol. The lowest BCUT2D eigenvalue weighted by Crippen LogP contribution is -2.22. The SMILES string of the molecule is CCN(CC)C/C=C\c1cc(F)ccc1S(=O)(=O)Nc1ccc2c(c1C(=O)O)OCc1cnsc1-2. The number of hydrogen-bond donors (Lipinski definition) is 2. The van der Waals surface area contributed by atoms with Crippen LogP contribution in [0.3, 0.4) is 0 Å². The summed E-state index contributed by atoms with van der Waals surface area (Å²) in [5, 5.41) is 9.90. The number of ether oxygens (including phenoxy) is 1. The summed E-state index contributed by atoms with van der Waals surface area (Å²) in [4.78, 5) is 14.9. The standard InChI is InChI=1S/C24H24FN3O5S2/c1-3-28(4-2)11-5-6-15-12-17(25)7-10-20(15)35(31,32)27-19-9-8-18-22(21(19)24(29)30)33-14-16-13-26-34-23(16)18/h5-10,12-13,27H,3-4,11,14H2,1-2H3,(H,29,30)/b6-5-. The molecule has 8 nitrogen and oxygen atoms in total. The molecule has 0 atom stereocenters. The molecule has 0 spiro atoms. The van der Waals surface area contributed by atoms with Gasteiger partial charge in [0.15, 0.2) is 0 Å². The van der Waals surface area contributed by atoms with Gasteiger partial charge in [0.25, 0.3) is 10.0 Å². The van der Waals surface area contributed by atoms with E-state index in [0.717, 1.165) is 41.7 Å². The molecule has 0 saturated carbocycles. The minimum atomic E-state index is -4.26. The number of aromatic carboxylic acids is 1. The fourth-order valence-electron chi connectivity index (χ4n) is 3.85. The summed E-state index contributed by atoms with van der Waals surface area (Å²) in [7, 11) is -4.26. The zero-order chi connectivity index (χ0) is 25.2. The maximum Gasteiger partial charge on any atom is 0.341 e. The van der Waals surface area contributed by atoms with Crippen LogP contribution in [-0.2, 0) is 16.6 Å². The Kier molecular flexibility index (Phi) is 7.20. The second-order valence-electron chi connectivity index (χ2n) is 7.81. The molecule has 4 rings (SSSR count). The molecule has 184 valence electrons. The summed E-state index contributed by atoms with van der Waals surface area (Å²) in [6, 6.07) is 6.33. The first kappa shape index (κ1) is 24.8. The van der Waals surface area contributed by atoms with Crippen LogP contribution in [0.15, 0.2) is 47.5 Å². The van der Waals surface area contributed by atoms with Gasteiger partial charge in [0.1, 0.15) is 23.7 Å². The van der Waals surface area contributed by atoms with Gasteiger partial charge in [-0.05, 0) is 60.5 Å². The number of fused-ring (bicyclic) bond motifs is 3. The number of anilines is 1. The summed E-state index contributed by atoms with van der Waals surface area (Å²) >= 11 is 1.21. The van der Waals surface area contributed by atoms with Gasteiger partial charge in [-0.1, -0.05) is 26.0 Å². The maximum atomic E-state index is 14.0. The van der Waals surface area contributed by atoms with Crippen molar-refractivity contribution in [3.63, 3.8) is 0 Å². The largest absolute Gasteiger partial charge is 0.487 e. The fourth-order valence-corrected chi connectivity index (χ4v) is 5.88. The van der Waals surface area contributed by atoms with Crippen molar-refractivity contribution < 1.29 is 27.4 Å². The Balaban J connectivity index is 1.72. The van der Waals surface area contributed by atoms with Crippen LogP contribution in [0.25, 0.3) is 16.5 Å². The van der Waals surface area contributed by atoms with Gasteiger partial charge in [0.2, 0.25) is 0 Å². The van der Waals surface area contributed by atoms with Crippen molar-refractivity contribution >= 4 is 39.3 Å². The molecule has 0 radical (unpaired) electrons. The highest BCUT2D eigenvalue weighted by Gasteiger charge is 2.29. The molecule has 1 aliphatic heterocycles. The zero-order valence-electron chi connectivity index (χ0n) is 19.1. The molecule has 0 fully saturated rings. The van der Waals surface area contributed by atoms with E-state index in [0.29, 0.717) is 12.1 Å². The maximum absolute atomic E-state index is 14.0. The number of benzene rings is 2. The van der Waals surface area contributed by atoms with E-state index in [-0.39, 0.29) is 34.1 Å². The second kappa shape index (κ2) is 10.1. The topological polar surface area (TPSA) is 109 Å². The van der Waals surface area contributed by atoms with E-state index in [1.165, 1.54) is 17.6 Å². The number of nitrogens with one attached hydrogen (secondary N) is 1. The van der Waals surface area contributed by atoms with Crippen LogP contribution >= 0.6 is 11.5 Å². The van der Waals surface area contributed by atoms with Crippen LogP contribution in [0.4, 0.5) is 10.1 Å². The number of nitrogens with zero attached hydrogens (tertiary/aromatic N) is 2. The number of aromatic nitrogens is 1. The Morgan fingerprint density at radius 2 is 2.06 bits per heavy atom. The number of carboxylic acids is 1. The summed E-state index contributed by atoms with van der Waals surface area (Å²) in [5.41, 5.74) is 1.08. The molecule has 35 heavy (non-hydrogen) atoms. The van der Waals surface area contributed by atoms with Crippen molar-refractivity contribution in [3.05, 3.63) is 65.1 Å². The molecule has 0 amide bonds. The fraction of sp³-hybridized carbons (Fsp3) is 0.250. The smallest absolute Gasteiger partial charge is 0.341 e. The van der Waals surface area contributed by atoms with E-state index in [1.54, 1.807) is 24.4 Å². The quantitative estimate of drug-likeness (QED) is 0.424. The Morgan fingerprint density at radius 1 is 1.29 bits per heavy atom. The van der Waals surface area contributed by atoms with Gasteiger partial charge in [0, 0.05) is 23.9 Å². The van der Waals surface area contributed by atoms with E-state index >= 15 is 0 Å². The molecule has 2 heterocycles. The lowest BCUT2D eigenvalue weighted by atomic mass is 10.0. The number of rotatable bonds is 9. The average Bonchev–Trinajstić information content (AvgIpc) is 3.30. The summed E-state index contributed by atoms with van der Waals surface area (Å²) < 4.78 is 52.8. The molecule has 1 aliphatic rings. The summed E-state index contributed by atoms with van der Waals surface area (Å²) in [6.07, 6.45) is 4.97. The number of halogens is 1. The second-order valence-corrected chi connectivity index (χ2v) is 10.3. The van der Waals surface area contributed by atoms with E-state index in [2.05, 4.69) is 14.0 Å². The van der Waals surface area contributed by atoms with Crippen molar-refractivity contribution in [2.24, 2.45) is 0 Å². The predicted molar refractivity (Wildman–Crippen MR) is 133 cm³/mol. The molecule has 2 aromatic carbocycles. The zero-order valence-corrected chi connectivity index (χ0v) is 20.7. The van der Waals surface area contributed by atoms with E-state index in [4.69, 9.17) is 4.74 Å². The van der Waals surface area contributed by atoms with Crippen molar-refractivity contribution in [2.75, 3.05) is 24.4 Å². The van der Waals surface area contributed by atoms with Crippen LogP contribution < -0.4 is 9.46 Å². The normalized spacial score (nSPS) is 12.9. The lowest BCUT2D eigenvalue weighted by molar-refractivity contribution is 0.0693. The van der Waals surface area contributed by atoms with Crippen LogP contribution in [0, 0.1) is 5.82 Å². The van der Waals surface area contributed by atoms with Gasteiger partial charge in [-0.25, -0.2) is 22.0 Å². The molecule has 0 aliphatic carbocycles. The van der Waals surface area contributed by atoms with Crippen LogP contribution in [0.2, 0.25) is 0 Å². The Morgan fingerprint density at radius 3 is 2.77 bits per heavy atom. The van der Waals surface area contributed by atoms with E-state index < -0.39 is 21.8 Å². The van der Waals surface area contributed by atoms with Crippen molar-refractivity contribution in [3.8, 4) is 16.2 Å². The van der Waals surface area contributed by atoms with Gasteiger partial charge in [-0.3, -0.25) is 4.72 Å². The van der Waals surface area contributed by atoms with E-state index in [9.17, 15) is 22.7 Å². The molecule has 11 heteroatoms. The predicted octanol–water partition coefficient (Wildman–Crippen LogP) is 4.70. The lowest BCUT2D eigenvalue weighted by Gasteiger charge is -2.21. The third kappa shape index (κ3) is 5.07. The summed E-state index contributed by atoms with van der Waals surface area (Å²) in [5.74, 6) is -1.85. The summed E-state index contributed by atoms with van der Waals surface area (Å²) in [6.45, 7) is 6.36. The first-order valence-corrected chi connectivity index (χ1v) is 13.2. The highest BCUT2D eigenvalue weighted by molar-refractivity contribution is 7.92. The number of hydrogen-bond acceptors (Lipinski definition) is 7. The van der Waals surface area contributed by atoms with Crippen LogP contribution in [0.1, 0.15) is 35.3 Å². The Hall–Kier alpha value is -3.28. The molecular formula is C24H24FN3O5S2. The van der Waals surface area contributed by atoms with Gasteiger partial charge in [-0.2, -0.15) is 0 Å². The number of sulfonamides is 1. The van der Waals surface area contributed by atoms with Crippen molar-refractivity contribution in [2.45, 2.75) is 25.3 Å². The number of carbonyl (C=O) groups is 1. The minimum absolute atomic E-state index is 0.0768. The average molecular weight is 518 g/mol. The molecule has 2 N–H and O–H groups in total. The first-order valence-electron chi connectivity index (χ1n) is 10.9. The Bertz CT molecular complexity index is 1400. The number of likely N-dealkylation sites (N-methyl/N-ethyl adjacent to an activating group) is 1. The van der Waals surface area contributed by atoms with Crippen LogP contribution in [0.5, 0.6) is 5.75 Å². The van der Waals surface area contributed by atoms with Gasteiger partial charge in [-0.15, -0.1) is 0 Å².